The van der Waals surface area contributed by atoms with E-state index < -0.39 is 0 Å². The Morgan fingerprint density at radius 2 is 2.46 bits per heavy atom. The maximum Gasteiger partial charge on any atom is 0.131 e. The molecule has 0 rings (SSSR count). The molecule has 13 heavy (non-hydrogen) atoms. The van der Waals surface area contributed by atoms with Crippen molar-refractivity contribution >= 4 is 12.1 Å². The van der Waals surface area contributed by atoms with Crippen LogP contribution in [0.1, 0.15) is 13.3 Å². The molecule has 0 saturated carbocycles. The van der Waals surface area contributed by atoms with Gasteiger partial charge in [0, 0.05) is 25.1 Å². The van der Waals surface area contributed by atoms with Crippen molar-refractivity contribution in [3.8, 4) is 12.5 Å². The molecule has 2 N–H and O–H groups in total. The molecule has 0 fully saturated rings. The standard InChI is InChI=1S/C9H15N3O/c1-4-11-7-12-6-9(10-3)5-8(2)13/h1,7,9-10H,5-6H2,2-3H3,(H,11,12). The highest BCUT2D eigenvalue weighted by molar-refractivity contribution is 5.76. The van der Waals surface area contributed by atoms with Gasteiger partial charge in [0.15, 0.2) is 0 Å². The molecule has 1 atom stereocenters. The molecule has 0 aliphatic carbocycles. The Labute approximate surface area is 78.8 Å². The lowest BCUT2D eigenvalue weighted by Gasteiger charge is -2.13. The smallest absolute Gasteiger partial charge is 0.131 e. The molecule has 0 heterocycles. The summed E-state index contributed by atoms with van der Waals surface area (Å²) in [5.41, 5.74) is 0. The van der Waals surface area contributed by atoms with Crippen molar-refractivity contribution in [2.75, 3.05) is 13.6 Å². The number of Topliss-reactive ketones (excluding diaryl/α,β-unsaturated/α-hetero) is 1. The van der Waals surface area contributed by atoms with Gasteiger partial charge in [0.05, 0.1) is 6.34 Å². The van der Waals surface area contributed by atoms with Crippen LogP contribution in [0.3, 0.4) is 0 Å². The summed E-state index contributed by atoms with van der Waals surface area (Å²) >= 11 is 0. The number of hydrogen-bond donors (Lipinski definition) is 2. The predicted molar refractivity (Wildman–Crippen MR) is 53.5 cm³/mol. The number of nitrogens with one attached hydrogen (secondary N) is 2. The van der Waals surface area contributed by atoms with E-state index in [0.717, 1.165) is 0 Å². The number of likely N-dealkylation sites (N-methyl/N-ethyl adjacent to an activating group) is 1. The van der Waals surface area contributed by atoms with Crippen molar-refractivity contribution in [3.63, 3.8) is 0 Å². The summed E-state index contributed by atoms with van der Waals surface area (Å²) in [7, 11) is 1.81. The van der Waals surface area contributed by atoms with Crippen molar-refractivity contribution in [1.29, 1.82) is 0 Å². The lowest BCUT2D eigenvalue weighted by Crippen LogP contribution is -2.37. The van der Waals surface area contributed by atoms with E-state index >= 15 is 0 Å². The predicted octanol–water partition coefficient (Wildman–Crippen LogP) is -0.238. The number of nitrogens with zero attached hydrogens (tertiary/aromatic N) is 1. The number of ketones is 1. The van der Waals surface area contributed by atoms with Gasteiger partial charge in [-0.1, -0.05) is 6.42 Å². The van der Waals surface area contributed by atoms with Crippen LogP contribution < -0.4 is 10.6 Å². The van der Waals surface area contributed by atoms with E-state index in [1.165, 1.54) is 6.34 Å². The monoisotopic (exact) mass is 181 g/mol. The summed E-state index contributed by atoms with van der Waals surface area (Å²) in [6.07, 6.45) is 6.86. The van der Waals surface area contributed by atoms with Gasteiger partial charge in [-0.3, -0.25) is 4.79 Å². The number of aliphatic imine (C=N–C) groups is 1. The molecule has 0 aromatic rings. The van der Waals surface area contributed by atoms with E-state index in [0.29, 0.717) is 13.0 Å². The van der Waals surface area contributed by atoms with Crippen LogP contribution in [0.5, 0.6) is 0 Å². The van der Waals surface area contributed by atoms with Crippen LogP contribution in [0.2, 0.25) is 0 Å². The molecule has 0 aromatic carbocycles. The third-order valence-corrected chi connectivity index (χ3v) is 1.54. The van der Waals surface area contributed by atoms with Crippen LogP contribution in [0.15, 0.2) is 4.99 Å². The molecule has 0 radical (unpaired) electrons. The van der Waals surface area contributed by atoms with Crippen molar-refractivity contribution in [2.45, 2.75) is 19.4 Å². The average molecular weight is 181 g/mol. The number of carbonyl (C=O) groups excluding carboxylic acids is 1. The molecule has 4 heteroatoms. The van der Waals surface area contributed by atoms with Crippen molar-refractivity contribution in [1.82, 2.24) is 10.6 Å². The molecule has 0 aromatic heterocycles. The van der Waals surface area contributed by atoms with Crippen LogP contribution >= 0.6 is 0 Å². The molecule has 0 amide bonds. The molecule has 72 valence electrons. The average Bonchev–Trinajstić information content (AvgIpc) is 2.09. The van der Waals surface area contributed by atoms with E-state index in [1.807, 2.05) is 7.05 Å². The fraction of sp³-hybridized carbons (Fsp3) is 0.556. The Hall–Kier alpha value is -1.34. The molecule has 0 saturated heterocycles. The molecular weight excluding hydrogens is 166 g/mol. The van der Waals surface area contributed by atoms with Gasteiger partial charge in [-0.2, -0.15) is 4.99 Å². The number of terminal acetylenes is 1. The Bertz CT molecular complexity index is 217. The second-order valence-corrected chi connectivity index (χ2v) is 2.69. The summed E-state index contributed by atoms with van der Waals surface area (Å²) in [5.74, 6) is 0.162. The molecule has 0 bridgehead atoms. The largest absolute Gasteiger partial charge is 0.374 e. The first-order chi connectivity index (χ1) is 6.20. The van der Waals surface area contributed by atoms with Crippen LogP contribution in [-0.4, -0.2) is 31.8 Å². The van der Waals surface area contributed by atoms with Crippen LogP contribution in [0, 0.1) is 12.5 Å². The van der Waals surface area contributed by atoms with Crippen molar-refractivity contribution < 1.29 is 4.79 Å². The molecular formula is C9H15N3O. The number of hydrogen-bond acceptors (Lipinski definition) is 3. The fourth-order valence-electron chi connectivity index (χ4n) is 0.901. The normalized spacial score (nSPS) is 12.4. The van der Waals surface area contributed by atoms with E-state index in [1.54, 1.807) is 6.92 Å². The highest BCUT2D eigenvalue weighted by Crippen LogP contribution is 1.89. The molecule has 1 unspecified atom stereocenters. The first-order valence-corrected chi connectivity index (χ1v) is 4.08. The second kappa shape index (κ2) is 7.32. The van der Waals surface area contributed by atoms with Gasteiger partial charge in [0.1, 0.15) is 5.78 Å². The topological polar surface area (TPSA) is 53.5 Å². The Balaban J connectivity index is 3.67. The van der Waals surface area contributed by atoms with Gasteiger partial charge in [-0.15, -0.1) is 0 Å². The van der Waals surface area contributed by atoms with E-state index in [9.17, 15) is 4.79 Å². The minimum atomic E-state index is 0.127. The van der Waals surface area contributed by atoms with E-state index in [4.69, 9.17) is 6.42 Å². The SMILES string of the molecule is C#CN=CNCC(CC(C)=O)NC. The Morgan fingerprint density at radius 1 is 1.77 bits per heavy atom. The van der Waals surface area contributed by atoms with Crippen LogP contribution in [-0.2, 0) is 4.79 Å². The quantitative estimate of drug-likeness (QED) is 0.338. The molecule has 0 aliphatic rings. The first-order valence-electron chi connectivity index (χ1n) is 4.08. The Morgan fingerprint density at radius 3 is 2.92 bits per heavy atom. The summed E-state index contributed by atoms with van der Waals surface area (Å²) in [6, 6.07) is 2.25. The van der Waals surface area contributed by atoms with Crippen molar-refractivity contribution in [2.24, 2.45) is 4.99 Å². The molecule has 0 aliphatic heterocycles. The maximum atomic E-state index is 10.8. The summed E-state index contributed by atoms with van der Waals surface area (Å²) in [6.45, 7) is 2.21. The van der Waals surface area contributed by atoms with Crippen LogP contribution in [0.4, 0.5) is 0 Å². The minimum Gasteiger partial charge on any atom is -0.374 e. The highest BCUT2D eigenvalue weighted by Gasteiger charge is 2.06. The van der Waals surface area contributed by atoms with Gasteiger partial charge in [-0.05, 0) is 14.0 Å². The second-order valence-electron chi connectivity index (χ2n) is 2.69. The van der Waals surface area contributed by atoms with E-state index in [2.05, 4.69) is 21.7 Å². The zero-order chi connectivity index (χ0) is 10.1. The molecule has 4 nitrogen and oxygen atoms in total. The van der Waals surface area contributed by atoms with Gasteiger partial charge in [0.2, 0.25) is 0 Å². The maximum absolute atomic E-state index is 10.8. The van der Waals surface area contributed by atoms with Gasteiger partial charge in [0.25, 0.3) is 0 Å². The lowest BCUT2D eigenvalue weighted by molar-refractivity contribution is -0.117. The fourth-order valence-corrected chi connectivity index (χ4v) is 0.901. The third kappa shape index (κ3) is 7.04. The van der Waals surface area contributed by atoms with Crippen LogP contribution in [0.25, 0.3) is 0 Å². The van der Waals surface area contributed by atoms with Gasteiger partial charge < -0.3 is 10.6 Å². The van der Waals surface area contributed by atoms with Gasteiger partial charge in [-0.25, -0.2) is 0 Å². The van der Waals surface area contributed by atoms with Crippen molar-refractivity contribution in [3.05, 3.63) is 0 Å². The van der Waals surface area contributed by atoms with E-state index in [-0.39, 0.29) is 11.8 Å². The van der Waals surface area contributed by atoms with Gasteiger partial charge >= 0.3 is 0 Å². The summed E-state index contributed by atoms with van der Waals surface area (Å²) in [4.78, 5) is 14.3. The molecule has 0 spiro atoms. The third-order valence-electron chi connectivity index (χ3n) is 1.54. The number of carbonyl (C=O) groups is 1. The zero-order valence-corrected chi connectivity index (χ0v) is 8.00. The number of rotatable bonds is 6. The summed E-state index contributed by atoms with van der Waals surface area (Å²) in [5, 5.41) is 5.91. The minimum absolute atomic E-state index is 0.127. The Kier molecular flexibility index (Phi) is 6.56. The highest BCUT2D eigenvalue weighted by atomic mass is 16.1. The first kappa shape index (κ1) is 11.7. The summed E-state index contributed by atoms with van der Waals surface area (Å²) < 4.78 is 0. The zero-order valence-electron chi connectivity index (χ0n) is 8.00. The lowest BCUT2D eigenvalue weighted by atomic mass is 10.1.